The van der Waals surface area contributed by atoms with Gasteiger partial charge < -0.3 is 9.84 Å². The van der Waals surface area contributed by atoms with E-state index in [1.54, 1.807) is 24.3 Å². The SMILES string of the molecule is CCC(I)C(=O)Oc1cccc2ccc(O)cc12. The van der Waals surface area contributed by atoms with Gasteiger partial charge in [-0.1, -0.05) is 47.7 Å². The summed E-state index contributed by atoms with van der Waals surface area (Å²) in [6, 6.07) is 10.5. The van der Waals surface area contributed by atoms with Crippen molar-refractivity contribution in [2.75, 3.05) is 0 Å². The Labute approximate surface area is 119 Å². The molecule has 0 saturated heterocycles. The summed E-state index contributed by atoms with van der Waals surface area (Å²) in [7, 11) is 0. The van der Waals surface area contributed by atoms with E-state index in [4.69, 9.17) is 4.74 Å². The van der Waals surface area contributed by atoms with Crippen molar-refractivity contribution in [1.82, 2.24) is 0 Å². The highest BCUT2D eigenvalue weighted by Gasteiger charge is 2.16. The van der Waals surface area contributed by atoms with Gasteiger partial charge in [0.15, 0.2) is 0 Å². The van der Waals surface area contributed by atoms with E-state index >= 15 is 0 Å². The van der Waals surface area contributed by atoms with Crippen molar-refractivity contribution >= 4 is 39.3 Å². The number of fused-ring (bicyclic) bond motifs is 1. The van der Waals surface area contributed by atoms with E-state index in [1.165, 1.54) is 0 Å². The third kappa shape index (κ3) is 2.75. The van der Waals surface area contributed by atoms with Gasteiger partial charge >= 0.3 is 5.97 Å². The minimum atomic E-state index is -0.256. The quantitative estimate of drug-likeness (QED) is 0.395. The molecule has 0 spiro atoms. The highest BCUT2D eigenvalue weighted by molar-refractivity contribution is 14.1. The molecule has 0 aromatic heterocycles. The van der Waals surface area contributed by atoms with Crippen LogP contribution in [0.15, 0.2) is 36.4 Å². The van der Waals surface area contributed by atoms with Gasteiger partial charge in [-0.05, 0) is 30.0 Å². The molecule has 2 aromatic carbocycles. The topological polar surface area (TPSA) is 46.5 Å². The van der Waals surface area contributed by atoms with E-state index in [9.17, 15) is 9.90 Å². The molecule has 1 N–H and O–H groups in total. The Morgan fingerprint density at radius 2 is 2.17 bits per heavy atom. The lowest BCUT2D eigenvalue weighted by Crippen LogP contribution is -2.19. The average Bonchev–Trinajstić information content (AvgIpc) is 2.38. The number of carbonyl (C=O) groups excluding carboxylic acids is 1. The molecular formula is C14H13IO3. The number of hydrogen-bond donors (Lipinski definition) is 1. The molecule has 4 heteroatoms. The molecule has 2 rings (SSSR count). The van der Waals surface area contributed by atoms with Crippen molar-refractivity contribution in [3.8, 4) is 11.5 Å². The molecule has 2 aromatic rings. The van der Waals surface area contributed by atoms with E-state index in [1.807, 2.05) is 19.1 Å². The molecule has 0 aliphatic carbocycles. The van der Waals surface area contributed by atoms with E-state index < -0.39 is 0 Å². The van der Waals surface area contributed by atoms with Crippen LogP contribution in [0.4, 0.5) is 0 Å². The monoisotopic (exact) mass is 356 g/mol. The molecule has 0 amide bonds. The van der Waals surface area contributed by atoms with Crippen LogP contribution in [-0.4, -0.2) is 15.0 Å². The minimum Gasteiger partial charge on any atom is -0.508 e. The molecule has 1 atom stereocenters. The lowest BCUT2D eigenvalue weighted by Gasteiger charge is -2.10. The van der Waals surface area contributed by atoms with Gasteiger partial charge in [0.1, 0.15) is 15.4 Å². The van der Waals surface area contributed by atoms with Crippen LogP contribution in [-0.2, 0) is 4.79 Å². The standard InChI is InChI=1S/C14H13IO3/c1-2-12(15)14(17)18-13-5-3-4-9-6-7-10(16)8-11(9)13/h3-8,12,16H,2H2,1H3. The van der Waals surface area contributed by atoms with Crippen molar-refractivity contribution in [2.24, 2.45) is 0 Å². The van der Waals surface area contributed by atoms with Crippen LogP contribution in [0.2, 0.25) is 0 Å². The predicted octanol–water partition coefficient (Wildman–Crippen LogP) is 3.66. The number of halogens is 1. The molecule has 0 aliphatic heterocycles. The first-order valence-corrected chi connectivity index (χ1v) is 6.94. The number of alkyl halides is 1. The second kappa shape index (κ2) is 5.56. The highest BCUT2D eigenvalue weighted by Crippen LogP contribution is 2.29. The molecule has 1 unspecified atom stereocenters. The second-order valence-electron chi connectivity index (χ2n) is 3.96. The lowest BCUT2D eigenvalue weighted by molar-refractivity contribution is -0.133. The van der Waals surface area contributed by atoms with Crippen LogP contribution in [0.25, 0.3) is 10.8 Å². The lowest BCUT2D eigenvalue weighted by atomic mass is 10.1. The van der Waals surface area contributed by atoms with E-state index in [0.29, 0.717) is 5.75 Å². The van der Waals surface area contributed by atoms with Gasteiger partial charge in [0.2, 0.25) is 0 Å². The maximum absolute atomic E-state index is 11.8. The summed E-state index contributed by atoms with van der Waals surface area (Å²) in [5, 5.41) is 11.2. The molecule has 18 heavy (non-hydrogen) atoms. The van der Waals surface area contributed by atoms with E-state index in [0.717, 1.165) is 17.2 Å². The van der Waals surface area contributed by atoms with Crippen LogP contribution >= 0.6 is 22.6 Å². The summed E-state index contributed by atoms with van der Waals surface area (Å²) < 4.78 is 5.22. The molecule has 0 bridgehead atoms. The Morgan fingerprint density at radius 1 is 1.39 bits per heavy atom. The Balaban J connectivity index is 2.39. The summed E-state index contributed by atoms with van der Waals surface area (Å²) in [5.74, 6) is 0.393. The number of aromatic hydroxyl groups is 1. The van der Waals surface area contributed by atoms with E-state index in [-0.39, 0.29) is 15.6 Å². The Bertz CT molecular complexity index is 580. The fourth-order valence-electron chi connectivity index (χ4n) is 1.66. The number of phenolic OH excluding ortho intramolecular Hbond substituents is 1. The molecule has 94 valence electrons. The fraction of sp³-hybridized carbons (Fsp3) is 0.214. The van der Waals surface area contributed by atoms with Crippen molar-refractivity contribution in [2.45, 2.75) is 17.3 Å². The Morgan fingerprint density at radius 3 is 2.89 bits per heavy atom. The first-order chi connectivity index (χ1) is 8.61. The first-order valence-electron chi connectivity index (χ1n) is 5.69. The number of ether oxygens (including phenoxy) is 1. The van der Waals surface area contributed by atoms with Crippen LogP contribution in [0.5, 0.6) is 11.5 Å². The van der Waals surface area contributed by atoms with Crippen LogP contribution < -0.4 is 4.74 Å². The summed E-state index contributed by atoms with van der Waals surface area (Å²) in [6.07, 6.45) is 0.732. The second-order valence-corrected chi connectivity index (χ2v) is 5.46. The molecular weight excluding hydrogens is 343 g/mol. The smallest absolute Gasteiger partial charge is 0.324 e. The van der Waals surface area contributed by atoms with Gasteiger partial charge in [0.05, 0.1) is 0 Å². The number of phenols is 1. The van der Waals surface area contributed by atoms with Crippen LogP contribution in [0, 0.1) is 0 Å². The molecule has 0 aliphatic rings. The Hall–Kier alpha value is -1.30. The largest absolute Gasteiger partial charge is 0.508 e. The number of hydrogen-bond acceptors (Lipinski definition) is 3. The third-order valence-electron chi connectivity index (χ3n) is 2.65. The van der Waals surface area contributed by atoms with Crippen molar-refractivity contribution < 1.29 is 14.6 Å². The molecule has 0 radical (unpaired) electrons. The minimum absolute atomic E-state index is 0.157. The van der Waals surface area contributed by atoms with Gasteiger partial charge in [-0.15, -0.1) is 0 Å². The maximum atomic E-state index is 11.8. The molecule has 0 heterocycles. The molecule has 0 fully saturated rings. The Kier molecular flexibility index (Phi) is 4.06. The molecule has 0 saturated carbocycles. The average molecular weight is 356 g/mol. The van der Waals surface area contributed by atoms with Gasteiger partial charge in [-0.3, -0.25) is 4.79 Å². The fourth-order valence-corrected chi connectivity index (χ4v) is 1.79. The third-order valence-corrected chi connectivity index (χ3v) is 4.04. The number of benzene rings is 2. The van der Waals surface area contributed by atoms with Crippen molar-refractivity contribution in [3.63, 3.8) is 0 Å². The summed E-state index contributed by atoms with van der Waals surface area (Å²) in [5.41, 5.74) is 0. The number of rotatable bonds is 3. The summed E-state index contributed by atoms with van der Waals surface area (Å²) in [4.78, 5) is 11.8. The first kappa shape index (κ1) is 13.1. The summed E-state index contributed by atoms with van der Waals surface area (Å²) >= 11 is 2.06. The zero-order valence-corrected chi connectivity index (χ0v) is 12.0. The zero-order valence-electron chi connectivity index (χ0n) is 9.89. The van der Waals surface area contributed by atoms with Crippen molar-refractivity contribution in [3.05, 3.63) is 36.4 Å². The van der Waals surface area contributed by atoms with Gasteiger partial charge in [-0.2, -0.15) is 0 Å². The normalized spacial score (nSPS) is 12.3. The highest BCUT2D eigenvalue weighted by atomic mass is 127. The number of esters is 1. The van der Waals surface area contributed by atoms with Crippen molar-refractivity contribution in [1.29, 1.82) is 0 Å². The van der Waals surface area contributed by atoms with Gasteiger partial charge in [0.25, 0.3) is 0 Å². The predicted molar refractivity (Wildman–Crippen MR) is 79.3 cm³/mol. The van der Waals surface area contributed by atoms with Crippen LogP contribution in [0.1, 0.15) is 13.3 Å². The van der Waals surface area contributed by atoms with Crippen LogP contribution in [0.3, 0.4) is 0 Å². The maximum Gasteiger partial charge on any atom is 0.324 e. The number of carbonyl (C=O) groups is 1. The molecule has 3 nitrogen and oxygen atoms in total. The zero-order chi connectivity index (χ0) is 13.1. The van der Waals surface area contributed by atoms with Gasteiger partial charge in [0, 0.05) is 5.39 Å². The summed E-state index contributed by atoms with van der Waals surface area (Å²) in [6.45, 7) is 1.94. The van der Waals surface area contributed by atoms with E-state index in [2.05, 4.69) is 22.6 Å². The van der Waals surface area contributed by atoms with Gasteiger partial charge in [-0.25, -0.2) is 0 Å².